The topological polar surface area (TPSA) is 0 Å². The summed E-state index contributed by atoms with van der Waals surface area (Å²) in [5.41, 5.74) is 15.7. The predicted octanol–water partition coefficient (Wildman–Crippen LogP) is 14.6. The van der Waals surface area contributed by atoms with Gasteiger partial charge >= 0.3 is 318 Å². The van der Waals surface area contributed by atoms with Crippen LogP contribution in [0, 0.1) is 12.2 Å². The van der Waals surface area contributed by atoms with Crippen molar-refractivity contribution in [3.8, 4) is 0 Å². The molecule has 6 rings (SSSR count). The third kappa shape index (κ3) is 14.0. The number of hydrogen-bond donors (Lipinski definition) is 0. The maximum atomic E-state index is 4.12. The van der Waals surface area contributed by atoms with Crippen LogP contribution < -0.4 is 0 Å². The molecule has 57 heavy (non-hydrogen) atoms. The van der Waals surface area contributed by atoms with Gasteiger partial charge in [-0.3, -0.25) is 0 Å². The quantitative estimate of drug-likeness (QED) is 0.0496. The molecule has 0 bridgehead atoms. The summed E-state index contributed by atoms with van der Waals surface area (Å²) < 4.78 is 0.960. The van der Waals surface area contributed by atoms with Gasteiger partial charge in [0.1, 0.15) is 0 Å². The molecule has 6 aromatic rings. The predicted molar refractivity (Wildman–Crippen MR) is 251 cm³/mol. The number of rotatable bonds is 12. The average molecular weight is 1040 g/mol. The maximum Gasteiger partial charge on any atom is 4.00 e. The van der Waals surface area contributed by atoms with Crippen LogP contribution in [-0.4, -0.2) is 36.8 Å². The molecular formula is C54H64Sn2Zr. The van der Waals surface area contributed by atoms with Gasteiger partial charge < -0.3 is 0 Å². The Morgan fingerprint density at radius 2 is 0.825 bits per heavy atom. The Morgan fingerprint density at radius 3 is 1.07 bits per heavy atom. The minimum Gasteiger partial charge on any atom is -0.214 e. The van der Waals surface area contributed by atoms with Gasteiger partial charge in [0, 0.05) is 0 Å². The second-order valence-corrected chi connectivity index (χ2v) is 45.8. The molecule has 0 fully saturated rings. The fraction of sp³-hybridized carbons (Fsp3) is 0.278. The molecule has 0 atom stereocenters. The van der Waals surface area contributed by atoms with Crippen LogP contribution in [0.2, 0.25) is 29.6 Å². The Labute approximate surface area is 374 Å². The van der Waals surface area contributed by atoms with Crippen LogP contribution in [0.5, 0.6) is 0 Å². The second-order valence-electron chi connectivity index (χ2n) is 16.5. The van der Waals surface area contributed by atoms with Crippen molar-refractivity contribution in [1.29, 1.82) is 0 Å². The number of aryl methyl sites for hydroxylation is 4. The van der Waals surface area contributed by atoms with E-state index in [1.807, 2.05) is 60.7 Å². The van der Waals surface area contributed by atoms with E-state index in [0.29, 0.717) is 0 Å². The molecule has 0 aliphatic rings. The Bertz CT molecular complexity index is 1920. The standard InChI is InChI=1S/C38H36.2C5H5.6CH3.2Sn.Zr/c1-5-29-13-21-33(22-14-29)37(34-23-15-30(6-2)16-24-34)11-9-10-12-38(35-25-17-31(7-3)18-26-35)36-27-19-32(8-4)20-28-36;2*1-2-4-5-3-1;;;;;;;;;/h13-28H,5-8H2,1-4H3;2*1-5H;6*1H3;;;/q-2;2*-1;;;;;;;;;+4. The van der Waals surface area contributed by atoms with Crippen molar-refractivity contribution in [1.82, 2.24) is 0 Å². The first-order chi connectivity index (χ1) is 26.9. The van der Waals surface area contributed by atoms with E-state index in [4.69, 9.17) is 0 Å². The number of allylic oxidation sites excluding steroid dienone is 2. The molecule has 0 aliphatic heterocycles. The van der Waals surface area contributed by atoms with Gasteiger partial charge in [-0.25, -0.2) is 24.3 Å². The molecular weight excluding hydrogens is 977 g/mol. The van der Waals surface area contributed by atoms with Crippen LogP contribution in [-0.2, 0) is 55.3 Å². The molecule has 0 unspecified atom stereocenters. The van der Waals surface area contributed by atoms with E-state index in [-0.39, 0.29) is 29.6 Å². The molecule has 0 heterocycles. The van der Waals surface area contributed by atoms with Gasteiger partial charge in [-0.05, 0) is 0 Å². The van der Waals surface area contributed by atoms with Gasteiger partial charge in [0.15, 0.2) is 0 Å². The van der Waals surface area contributed by atoms with Crippen molar-refractivity contribution in [3.05, 3.63) is 224 Å². The van der Waals surface area contributed by atoms with E-state index in [1.165, 1.54) is 48.1 Å². The molecule has 0 nitrogen and oxygen atoms in total. The number of hydrogen-bond acceptors (Lipinski definition) is 0. The number of benzene rings is 4. The first-order valence-corrected chi connectivity index (χ1v) is 40.6. The van der Waals surface area contributed by atoms with Gasteiger partial charge in [-0.1, -0.05) is 0 Å². The first kappa shape index (κ1) is 48.7. The van der Waals surface area contributed by atoms with Crippen molar-refractivity contribution in [2.75, 3.05) is 0 Å². The zero-order valence-electron chi connectivity index (χ0n) is 36.3. The summed E-state index contributed by atoms with van der Waals surface area (Å²) in [7, 11) is 0. The molecule has 3 heteroatoms. The summed E-state index contributed by atoms with van der Waals surface area (Å²) in [5.74, 6) is 0. The van der Waals surface area contributed by atoms with Crippen LogP contribution in [0.1, 0.15) is 72.2 Å². The fourth-order valence-electron chi connectivity index (χ4n) is 6.80. The van der Waals surface area contributed by atoms with Gasteiger partial charge in [-0.15, -0.1) is 0 Å². The summed E-state index contributed by atoms with van der Waals surface area (Å²) in [5, 5.41) is 0. The summed E-state index contributed by atoms with van der Waals surface area (Å²) in [6, 6.07) is 56.9. The van der Waals surface area contributed by atoms with Gasteiger partial charge in [0.05, 0.1) is 0 Å². The normalized spacial score (nSPS) is 11.1. The molecule has 0 N–H and O–H groups in total. The third-order valence-electron chi connectivity index (χ3n) is 10.5. The Hall–Kier alpha value is -2.68. The van der Waals surface area contributed by atoms with Crippen molar-refractivity contribution < 1.29 is 26.2 Å². The van der Waals surface area contributed by atoms with Crippen molar-refractivity contribution in [3.63, 3.8) is 0 Å². The van der Waals surface area contributed by atoms with Crippen LogP contribution in [0.25, 0.3) is 5.57 Å². The zero-order chi connectivity index (χ0) is 40.6. The monoisotopic (exact) mass is 1040 g/mol. The first-order valence-electron chi connectivity index (χ1n) is 20.6. The Kier molecular flexibility index (Phi) is 20.3. The smallest absolute Gasteiger partial charge is 0.214 e. The summed E-state index contributed by atoms with van der Waals surface area (Å²) in [6.45, 7) is 8.90. The van der Waals surface area contributed by atoms with Crippen LogP contribution in [0.15, 0.2) is 167 Å². The van der Waals surface area contributed by atoms with Crippen molar-refractivity contribution >= 4 is 42.3 Å². The van der Waals surface area contributed by atoms with E-state index >= 15 is 0 Å². The summed E-state index contributed by atoms with van der Waals surface area (Å²) in [6.07, 6.45) is 12.3. The van der Waals surface area contributed by atoms with E-state index in [9.17, 15) is 0 Å². The molecule has 0 aromatic heterocycles. The zero-order valence-corrected chi connectivity index (χ0v) is 44.5. The van der Waals surface area contributed by atoms with Crippen molar-refractivity contribution in [2.45, 2.75) is 86.4 Å². The second kappa shape index (κ2) is 23.8. The average Bonchev–Trinajstić information content (AvgIpc) is 4.00. The van der Waals surface area contributed by atoms with Crippen LogP contribution in [0.3, 0.4) is 0 Å². The molecule has 0 saturated heterocycles. The third-order valence-corrected chi connectivity index (χ3v) is 23.9. The molecule has 0 saturated carbocycles. The SMILES string of the molecule is CCc1ccc(C(=[C-][C](=C=[C-][C](c2ccc(CC)cc2)(c2ccc(CC)cc2)[Sn]([CH3])([CH3])[CH3])[Sn]([CH3])([CH3])[CH3])c2ccc(CC)cc2)cc1.[Zr+4].c1cc[cH-]c1.c1cc[cH-]c1. The Balaban J connectivity index is 0.000000685. The van der Waals surface area contributed by atoms with Crippen LogP contribution in [0.4, 0.5) is 0 Å². The minimum absolute atomic E-state index is 0. The summed E-state index contributed by atoms with van der Waals surface area (Å²) >= 11 is -5.70. The van der Waals surface area contributed by atoms with Gasteiger partial charge in [-0.2, -0.15) is 36.4 Å². The van der Waals surface area contributed by atoms with E-state index in [2.05, 4.69) is 172 Å². The largest absolute Gasteiger partial charge is 4.00 e. The molecule has 0 aliphatic carbocycles. The molecule has 0 radical (unpaired) electrons. The maximum absolute atomic E-state index is 4.12. The molecule has 6 aromatic carbocycles. The van der Waals surface area contributed by atoms with Gasteiger partial charge in [0.2, 0.25) is 0 Å². The van der Waals surface area contributed by atoms with Crippen LogP contribution >= 0.6 is 0 Å². The Morgan fingerprint density at radius 1 is 0.509 bits per heavy atom. The molecule has 292 valence electrons. The van der Waals surface area contributed by atoms with E-state index in [0.717, 1.165) is 31.3 Å². The van der Waals surface area contributed by atoms with Crippen molar-refractivity contribution in [2.24, 2.45) is 0 Å². The van der Waals surface area contributed by atoms with E-state index < -0.39 is 36.8 Å². The molecule has 0 spiro atoms. The summed E-state index contributed by atoms with van der Waals surface area (Å²) in [4.78, 5) is 15.1. The van der Waals surface area contributed by atoms with Gasteiger partial charge in [0.25, 0.3) is 0 Å². The van der Waals surface area contributed by atoms with E-state index in [1.54, 1.807) is 0 Å². The minimum atomic E-state index is -2.92. The fourth-order valence-corrected chi connectivity index (χ4v) is 16.6. The molecule has 0 amide bonds.